The minimum Gasteiger partial charge on any atom is -0.480 e. The number of benzene rings is 1. The molecule has 1 N–H and O–H groups in total. The van der Waals surface area contributed by atoms with Crippen molar-refractivity contribution in [3.05, 3.63) is 46.3 Å². The molecule has 2 aromatic rings. The van der Waals surface area contributed by atoms with Crippen LogP contribution in [0.5, 0.6) is 0 Å². The third kappa shape index (κ3) is 3.33. The van der Waals surface area contributed by atoms with Gasteiger partial charge in [0.1, 0.15) is 18.7 Å². The Hall–Kier alpha value is -2.27. The molecule has 0 unspecified atom stereocenters. The zero-order valence-electron chi connectivity index (χ0n) is 15.5. The summed E-state index contributed by atoms with van der Waals surface area (Å²) in [6.07, 6.45) is 3.11. The highest BCUT2D eigenvalue weighted by Crippen LogP contribution is 2.47. The highest BCUT2D eigenvalue weighted by atomic mass is 35.5. The summed E-state index contributed by atoms with van der Waals surface area (Å²) in [5, 5.41) is 9.59. The molecule has 2 aliphatic heterocycles. The van der Waals surface area contributed by atoms with Gasteiger partial charge in [-0.1, -0.05) is 23.2 Å². The van der Waals surface area contributed by atoms with Crippen molar-refractivity contribution in [1.82, 2.24) is 14.3 Å². The Kier molecular flexibility index (Phi) is 5.21. The SMILES string of the molecule is O=C(O)CN1C(=O)C2(CCN(S(=O)(=O)c3cc(Cl)cc(Cl)c3)CC2)c2cncnc21. The lowest BCUT2D eigenvalue weighted by atomic mass is 9.75. The number of fused-ring (bicyclic) bond motifs is 2. The molecule has 12 heteroatoms. The van der Waals surface area contributed by atoms with Gasteiger partial charge in [0.2, 0.25) is 15.9 Å². The van der Waals surface area contributed by atoms with Crippen molar-refractivity contribution in [3.8, 4) is 0 Å². The van der Waals surface area contributed by atoms with E-state index in [9.17, 15) is 23.1 Å². The zero-order chi connectivity index (χ0) is 21.7. The van der Waals surface area contributed by atoms with E-state index in [1.807, 2.05) is 0 Å². The predicted octanol–water partition coefficient (Wildman–Crippen LogP) is 1.94. The Bertz CT molecular complexity index is 1130. The number of hydrogen-bond donors (Lipinski definition) is 1. The third-order valence-electron chi connectivity index (χ3n) is 5.46. The van der Waals surface area contributed by atoms with E-state index in [1.165, 1.54) is 35.0 Å². The Morgan fingerprint density at radius 1 is 1.17 bits per heavy atom. The maximum Gasteiger partial charge on any atom is 0.323 e. The fourth-order valence-electron chi connectivity index (χ4n) is 4.05. The van der Waals surface area contributed by atoms with Gasteiger partial charge in [-0.15, -0.1) is 0 Å². The summed E-state index contributed by atoms with van der Waals surface area (Å²) in [4.78, 5) is 33.6. The van der Waals surface area contributed by atoms with Gasteiger partial charge >= 0.3 is 5.97 Å². The van der Waals surface area contributed by atoms with E-state index < -0.39 is 33.9 Å². The van der Waals surface area contributed by atoms with E-state index in [0.29, 0.717) is 5.56 Å². The molecular weight excluding hydrogens is 455 g/mol. The maximum absolute atomic E-state index is 13.2. The van der Waals surface area contributed by atoms with Gasteiger partial charge in [-0.05, 0) is 31.0 Å². The van der Waals surface area contributed by atoms with Crippen LogP contribution < -0.4 is 4.90 Å². The summed E-state index contributed by atoms with van der Waals surface area (Å²) in [5.74, 6) is -1.30. The largest absolute Gasteiger partial charge is 0.480 e. The molecule has 1 spiro atoms. The number of aliphatic carboxylic acids is 1. The van der Waals surface area contributed by atoms with Crippen LogP contribution in [0.15, 0.2) is 35.6 Å². The number of carboxylic acids is 1. The number of nitrogens with zero attached hydrogens (tertiary/aromatic N) is 4. The number of carbonyl (C=O) groups is 2. The van der Waals surface area contributed by atoms with E-state index in [2.05, 4.69) is 9.97 Å². The number of amides is 1. The number of sulfonamides is 1. The van der Waals surface area contributed by atoms with Crippen molar-refractivity contribution in [3.63, 3.8) is 0 Å². The lowest BCUT2D eigenvalue weighted by Gasteiger charge is -2.37. The summed E-state index contributed by atoms with van der Waals surface area (Å²) in [6, 6.07) is 4.09. The molecule has 1 fully saturated rings. The first-order chi connectivity index (χ1) is 14.1. The molecule has 2 aliphatic rings. The van der Waals surface area contributed by atoms with Crippen LogP contribution in [-0.4, -0.2) is 59.3 Å². The van der Waals surface area contributed by atoms with Gasteiger partial charge in [-0.3, -0.25) is 14.5 Å². The second kappa shape index (κ2) is 7.45. The summed E-state index contributed by atoms with van der Waals surface area (Å²) in [6.45, 7) is -0.394. The van der Waals surface area contributed by atoms with Gasteiger partial charge in [0.15, 0.2) is 0 Å². The number of piperidine rings is 1. The molecule has 30 heavy (non-hydrogen) atoms. The van der Waals surface area contributed by atoms with E-state index in [4.69, 9.17) is 23.2 Å². The van der Waals surface area contributed by atoms with Gasteiger partial charge in [0.05, 0.1) is 10.3 Å². The lowest BCUT2D eigenvalue weighted by Crippen LogP contribution is -2.50. The molecule has 4 rings (SSSR count). The average Bonchev–Trinajstić information content (AvgIpc) is 2.90. The molecule has 0 radical (unpaired) electrons. The zero-order valence-corrected chi connectivity index (χ0v) is 17.8. The van der Waals surface area contributed by atoms with Crippen LogP contribution in [0.4, 0.5) is 5.82 Å². The van der Waals surface area contributed by atoms with Crippen molar-refractivity contribution < 1.29 is 23.1 Å². The van der Waals surface area contributed by atoms with E-state index in [1.54, 1.807) is 0 Å². The van der Waals surface area contributed by atoms with Gasteiger partial charge in [-0.2, -0.15) is 4.31 Å². The smallest absolute Gasteiger partial charge is 0.323 e. The number of halogens is 2. The molecule has 0 atom stereocenters. The van der Waals surface area contributed by atoms with Crippen LogP contribution in [0, 0.1) is 0 Å². The minimum absolute atomic E-state index is 0.0232. The van der Waals surface area contributed by atoms with Crippen LogP contribution in [0.3, 0.4) is 0 Å². The molecule has 0 aliphatic carbocycles. The molecule has 158 valence electrons. The normalized spacial score (nSPS) is 18.6. The van der Waals surface area contributed by atoms with E-state index in [0.717, 1.165) is 4.90 Å². The molecule has 1 aromatic carbocycles. The van der Waals surface area contributed by atoms with Crippen LogP contribution >= 0.6 is 23.2 Å². The van der Waals surface area contributed by atoms with Crippen LogP contribution in [-0.2, 0) is 25.0 Å². The van der Waals surface area contributed by atoms with E-state index >= 15 is 0 Å². The fraction of sp³-hybridized carbons (Fsp3) is 0.333. The Balaban J connectivity index is 1.64. The highest BCUT2D eigenvalue weighted by molar-refractivity contribution is 7.89. The molecule has 0 saturated carbocycles. The monoisotopic (exact) mass is 470 g/mol. The standard InChI is InChI=1S/C18H16Cl2N4O5S/c19-11-5-12(20)7-13(6-11)30(28,29)23-3-1-18(2-4-23)14-8-21-10-22-16(14)24(17(18)27)9-15(25)26/h5-8,10H,1-4,9H2,(H,25,26). The Morgan fingerprint density at radius 3 is 2.40 bits per heavy atom. The molecule has 0 bridgehead atoms. The van der Waals surface area contributed by atoms with Gasteiger partial charge in [0, 0.05) is 34.9 Å². The number of carboxylic acid groups (broad SMARTS) is 1. The van der Waals surface area contributed by atoms with Crippen LogP contribution in [0.2, 0.25) is 10.0 Å². The number of anilines is 1. The van der Waals surface area contributed by atoms with Crippen molar-refractivity contribution in [1.29, 1.82) is 0 Å². The molecule has 9 nitrogen and oxygen atoms in total. The third-order valence-corrected chi connectivity index (χ3v) is 7.77. The highest BCUT2D eigenvalue weighted by Gasteiger charge is 2.54. The van der Waals surface area contributed by atoms with Crippen molar-refractivity contribution in [2.45, 2.75) is 23.2 Å². The number of aromatic nitrogens is 2. The Labute approximate surface area is 182 Å². The van der Waals surface area contributed by atoms with Gasteiger partial charge in [-0.25, -0.2) is 18.4 Å². The van der Waals surface area contributed by atoms with Crippen molar-refractivity contribution in [2.75, 3.05) is 24.5 Å². The molecule has 3 heterocycles. The van der Waals surface area contributed by atoms with Crippen LogP contribution in [0.1, 0.15) is 18.4 Å². The number of carbonyl (C=O) groups excluding carboxylic acids is 1. The summed E-state index contributed by atoms with van der Waals surface area (Å²) in [7, 11) is -3.87. The maximum atomic E-state index is 13.2. The van der Waals surface area contributed by atoms with Crippen molar-refractivity contribution in [2.24, 2.45) is 0 Å². The van der Waals surface area contributed by atoms with Gasteiger partial charge in [0.25, 0.3) is 0 Å². The van der Waals surface area contributed by atoms with Crippen molar-refractivity contribution >= 4 is 50.9 Å². The topological polar surface area (TPSA) is 121 Å². The van der Waals surface area contributed by atoms with Crippen LogP contribution in [0.25, 0.3) is 0 Å². The second-order valence-electron chi connectivity index (χ2n) is 7.14. The quantitative estimate of drug-likeness (QED) is 0.724. The second-order valence-corrected chi connectivity index (χ2v) is 9.95. The Morgan fingerprint density at radius 2 is 1.80 bits per heavy atom. The summed E-state index contributed by atoms with van der Waals surface area (Å²) < 4.78 is 27.4. The van der Waals surface area contributed by atoms with Gasteiger partial charge < -0.3 is 5.11 Å². The number of rotatable bonds is 4. The first-order valence-electron chi connectivity index (χ1n) is 8.96. The minimum atomic E-state index is -3.87. The van der Waals surface area contributed by atoms with E-state index in [-0.39, 0.29) is 46.7 Å². The number of hydrogen-bond acceptors (Lipinski definition) is 6. The first-order valence-corrected chi connectivity index (χ1v) is 11.2. The summed E-state index contributed by atoms with van der Waals surface area (Å²) in [5.41, 5.74) is -0.525. The summed E-state index contributed by atoms with van der Waals surface area (Å²) >= 11 is 11.9. The molecule has 1 amide bonds. The predicted molar refractivity (Wildman–Crippen MR) is 108 cm³/mol. The molecule has 1 aromatic heterocycles. The fourth-order valence-corrected chi connectivity index (χ4v) is 6.21. The average molecular weight is 471 g/mol. The molecular formula is C18H16Cl2N4O5S. The first kappa shape index (κ1) is 21.0. The lowest BCUT2D eigenvalue weighted by molar-refractivity contribution is -0.137. The molecule has 1 saturated heterocycles.